The van der Waals surface area contributed by atoms with Crippen LogP contribution in [0.1, 0.15) is 6.42 Å². The molecule has 2 aliphatic heterocycles. The van der Waals surface area contributed by atoms with Gasteiger partial charge in [0.05, 0.1) is 17.0 Å². The summed E-state index contributed by atoms with van der Waals surface area (Å²) in [7, 11) is 0. The van der Waals surface area contributed by atoms with Gasteiger partial charge in [-0.25, -0.2) is 4.79 Å². The van der Waals surface area contributed by atoms with Crippen LogP contribution in [0.5, 0.6) is 0 Å². The van der Waals surface area contributed by atoms with E-state index in [1.165, 1.54) is 18.2 Å². The van der Waals surface area contributed by atoms with E-state index in [9.17, 15) is 19.6 Å². The summed E-state index contributed by atoms with van der Waals surface area (Å²) in [5.41, 5.74) is 9.60. The summed E-state index contributed by atoms with van der Waals surface area (Å²) in [6.07, 6.45) is 12.0. The summed E-state index contributed by atoms with van der Waals surface area (Å²) in [4.78, 5) is 36.8. The molecule has 9 nitrogen and oxygen atoms in total. The summed E-state index contributed by atoms with van der Waals surface area (Å²) < 4.78 is 0. The maximum Gasteiger partial charge on any atom is 0.335 e. The second kappa shape index (κ2) is 12.2. The largest absolute Gasteiger partial charge is 0.478 e. The van der Waals surface area contributed by atoms with Crippen molar-refractivity contribution in [2.75, 3.05) is 11.4 Å². The zero-order chi connectivity index (χ0) is 26.9. The Hall–Kier alpha value is -5.18. The van der Waals surface area contributed by atoms with Gasteiger partial charge in [-0.1, -0.05) is 48.6 Å². The molecule has 0 fully saturated rings. The van der Waals surface area contributed by atoms with Gasteiger partial charge in [0, 0.05) is 40.4 Å². The van der Waals surface area contributed by atoms with Crippen LogP contribution in [0.25, 0.3) is 0 Å². The first-order chi connectivity index (χ1) is 18.5. The molecule has 5 N–H and O–H groups in total. The number of carbonyl (C=O) groups is 2. The third-order valence-corrected chi connectivity index (χ3v) is 5.93. The van der Waals surface area contributed by atoms with E-state index < -0.39 is 11.9 Å². The fourth-order valence-corrected chi connectivity index (χ4v) is 4.08. The van der Waals surface area contributed by atoms with Gasteiger partial charge >= 0.3 is 11.9 Å². The monoisotopic (exact) mass is 509 g/mol. The number of carboxylic acid groups (broad SMARTS) is 1. The van der Waals surface area contributed by atoms with Gasteiger partial charge in [0.15, 0.2) is 0 Å². The molecule has 2 aromatic carbocycles. The lowest BCUT2D eigenvalue weighted by Gasteiger charge is -2.29. The standard InChI is InChI=1S/C29H27N5O4/c30-26(27-18-21(29(36)37)13-15-32-27)17-20(28(35)33-38)11-12-22-19-25(14-16-31-22)34(23-7-3-1-4-8-23)24-9-5-2-6-10-24/h1-11,13-14,16-19,22,31-32H,12,15,30H2,(H,36,37)/b20-11+,26-17-. The molecule has 38 heavy (non-hydrogen) atoms. The molecule has 1 atom stereocenters. The number of nitroso groups, excluding NO2 is 1. The summed E-state index contributed by atoms with van der Waals surface area (Å²) in [5.74, 6) is -2.05. The molecule has 1 amide bonds. The summed E-state index contributed by atoms with van der Waals surface area (Å²) in [6.45, 7) is 0.270. The van der Waals surface area contributed by atoms with Gasteiger partial charge in [0.25, 0.3) is 0 Å². The highest BCUT2D eigenvalue weighted by atomic mass is 16.4. The average molecular weight is 510 g/mol. The zero-order valence-electron chi connectivity index (χ0n) is 20.5. The molecule has 0 saturated carbocycles. The predicted molar refractivity (Wildman–Crippen MR) is 147 cm³/mol. The lowest BCUT2D eigenvalue weighted by atomic mass is 10.0. The van der Waals surface area contributed by atoms with E-state index in [-0.39, 0.29) is 29.4 Å². The molecular weight excluding hydrogens is 482 g/mol. The Morgan fingerprint density at radius 3 is 2.34 bits per heavy atom. The number of aliphatic carboxylic acids is 1. The number of carboxylic acids is 1. The summed E-state index contributed by atoms with van der Waals surface area (Å²) >= 11 is 0. The van der Waals surface area contributed by atoms with Crippen molar-refractivity contribution in [3.05, 3.63) is 136 Å². The molecule has 0 saturated heterocycles. The molecule has 2 aromatic rings. The van der Waals surface area contributed by atoms with Crippen LogP contribution in [0.3, 0.4) is 0 Å². The Labute approximate surface area is 220 Å². The number of allylic oxidation sites excluding steroid dienone is 1. The molecule has 0 aromatic heterocycles. The smallest absolute Gasteiger partial charge is 0.335 e. The van der Waals surface area contributed by atoms with Crippen LogP contribution in [-0.4, -0.2) is 29.6 Å². The quantitative estimate of drug-likeness (QED) is 0.225. The van der Waals surface area contributed by atoms with Crippen LogP contribution in [0.15, 0.2) is 137 Å². The fraction of sp³-hybridized carbons (Fsp3) is 0.103. The second-order valence-corrected chi connectivity index (χ2v) is 8.50. The number of hydrogen-bond donors (Lipinski definition) is 4. The minimum Gasteiger partial charge on any atom is -0.478 e. The Morgan fingerprint density at radius 1 is 1.08 bits per heavy atom. The van der Waals surface area contributed by atoms with Gasteiger partial charge < -0.3 is 26.4 Å². The number of dihydropyridines is 2. The van der Waals surface area contributed by atoms with Crippen molar-refractivity contribution in [1.29, 1.82) is 0 Å². The van der Waals surface area contributed by atoms with E-state index in [4.69, 9.17) is 5.73 Å². The number of amides is 1. The van der Waals surface area contributed by atoms with Crippen LogP contribution in [-0.2, 0) is 9.59 Å². The number of nitrogens with one attached hydrogen (secondary N) is 2. The third kappa shape index (κ3) is 6.33. The number of hydrogen-bond acceptors (Lipinski definition) is 7. The topological polar surface area (TPSA) is 137 Å². The van der Waals surface area contributed by atoms with E-state index in [1.54, 1.807) is 6.08 Å². The third-order valence-electron chi connectivity index (χ3n) is 5.93. The first kappa shape index (κ1) is 25.9. The van der Waals surface area contributed by atoms with Crippen molar-refractivity contribution >= 4 is 23.3 Å². The van der Waals surface area contributed by atoms with Crippen molar-refractivity contribution in [2.45, 2.75) is 12.5 Å². The van der Waals surface area contributed by atoms with Gasteiger partial charge in [-0.05, 0) is 61.2 Å². The van der Waals surface area contributed by atoms with Crippen LogP contribution in [0.4, 0.5) is 11.4 Å². The normalized spacial score (nSPS) is 17.3. The molecule has 2 aliphatic rings. The van der Waals surface area contributed by atoms with Crippen molar-refractivity contribution in [3.63, 3.8) is 0 Å². The highest BCUT2D eigenvalue weighted by molar-refractivity contribution is 5.97. The highest BCUT2D eigenvalue weighted by Crippen LogP contribution is 2.31. The Balaban J connectivity index is 1.60. The molecular formula is C29H27N5O4. The minimum atomic E-state index is -1.09. The number of nitrogens with zero attached hydrogens (tertiary/aromatic N) is 2. The van der Waals surface area contributed by atoms with Crippen molar-refractivity contribution in [1.82, 2.24) is 10.6 Å². The number of para-hydroxylation sites is 2. The van der Waals surface area contributed by atoms with Gasteiger partial charge in [0.2, 0.25) is 0 Å². The first-order valence-corrected chi connectivity index (χ1v) is 12.0. The Kier molecular flexibility index (Phi) is 8.30. The van der Waals surface area contributed by atoms with E-state index in [1.807, 2.05) is 79.0 Å². The molecule has 2 heterocycles. The molecule has 0 spiro atoms. The average Bonchev–Trinajstić information content (AvgIpc) is 2.96. The predicted octanol–water partition coefficient (Wildman–Crippen LogP) is 4.14. The van der Waals surface area contributed by atoms with E-state index >= 15 is 0 Å². The van der Waals surface area contributed by atoms with Gasteiger partial charge in [-0.3, -0.25) is 4.79 Å². The Morgan fingerprint density at radius 2 is 1.74 bits per heavy atom. The van der Waals surface area contributed by atoms with Crippen LogP contribution < -0.4 is 21.3 Å². The molecule has 1 unspecified atom stereocenters. The van der Waals surface area contributed by atoms with Crippen LogP contribution >= 0.6 is 0 Å². The lowest BCUT2D eigenvalue weighted by Crippen LogP contribution is -2.28. The van der Waals surface area contributed by atoms with Crippen molar-refractivity contribution in [2.24, 2.45) is 10.9 Å². The van der Waals surface area contributed by atoms with Crippen molar-refractivity contribution < 1.29 is 14.7 Å². The van der Waals surface area contributed by atoms with Gasteiger partial charge in [-0.15, -0.1) is 4.91 Å². The van der Waals surface area contributed by atoms with Crippen LogP contribution in [0.2, 0.25) is 0 Å². The SMILES string of the molecule is N/C(=C\C(=C/CC1C=C(N(c2ccccc2)c2ccccc2)C=CN1)C(=O)N=O)C1=CC(C(=O)O)=CCN1. The number of carbonyl (C=O) groups excluding carboxylic acids is 1. The highest BCUT2D eigenvalue weighted by Gasteiger charge is 2.18. The van der Waals surface area contributed by atoms with E-state index in [0.29, 0.717) is 12.1 Å². The minimum absolute atomic E-state index is 0.0147. The first-order valence-electron chi connectivity index (χ1n) is 12.0. The number of nitrogens with two attached hydrogens (primary N) is 1. The molecule has 192 valence electrons. The molecule has 0 aliphatic carbocycles. The van der Waals surface area contributed by atoms with Crippen LogP contribution in [0, 0.1) is 4.91 Å². The number of anilines is 2. The molecule has 4 rings (SSSR count). The second-order valence-electron chi connectivity index (χ2n) is 8.50. The van der Waals surface area contributed by atoms with E-state index in [0.717, 1.165) is 17.1 Å². The van der Waals surface area contributed by atoms with Crippen molar-refractivity contribution in [3.8, 4) is 0 Å². The van der Waals surface area contributed by atoms with E-state index in [2.05, 4.69) is 20.7 Å². The summed E-state index contributed by atoms with van der Waals surface area (Å²) in [6, 6.07) is 19.7. The fourth-order valence-electron chi connectivity index (χ4n) is 4.08. The number of rotatable bonds is 9. The summed E-state index contributed by atoms with van der Waals surface area (Å²) in [5, 5.41) is 18.0. The molecule has 0 bridgehead atoms. The Bertz CT molecular complexity index is 1350. The molecule has 0 radical (unpaired) electrons. The van der Waals surface area contributed by atoms with Gasteiger partial charge in [-0.2, -0.15) is 0 Å². The van der Waals surface area contributed by atoms with Gasteiger partial charge in [0.1, 0.15) is 0 Å². The maximum atomic E-state index is 12.3. The zero-order valence-corrected chi connectivity index (χ0v) is 20.5. The maximum absolute atomic E-state index is 12.3. The lowest BCUT2D eigenvalue weighted by molar-refractivity contribution is -0.132. The number of benzene rings is 2. The molecule has 9 heteroatoms.